The fourth-order valence-corrected chi connectivity index (χ4v) is 1.48. The van der Waals surface area contributed by atoms with Gasteiger partial charge in [0.05, 0.1) is 11.9 Å². The second kappa shape index (κ2) is 6.47. The van der Waals surface area contributed by atoms with Gasteiger partial charge in [-0.3, -0.25) is 9.78 Å². The maximum Gasteiger partial charge on any atom is 0.341 e. The van der Waals surface area contributed by atoms with Gasteiger partial charge in [-0.2, -0.15) is 0 Å². The number of nitrogens with zero attached hydrogens (tertiary/aromatic N) is 2. The SMILES string of the molecule is Cc1cnc(C(=O)Nc2ccc(OCC(=O)O)cc2)cn1. The maximum absolute atomic E-state index is 11.9. The van der Waals surface area contributed by atoms with E-state index in [0.717, 1.165) is 5.69 Å². The molecule has 7 heteroatoms. The van der Waals surface area contributed by atoms with Gasteiger partial charge in [-0.05, 0) is 31.2 Å². The van der Waals surface area contributed by atoms with Gasteiger partial charge in [0.25, 0.3) is 5.91 Å². The second-order valence-electron chi connectivity index (χ2n) is 4.20. The maximum atomic E-state index is 11.9. The summed E-state index contributed by atoms with van der Waals surface area (Å²) < 4.78 is 4.99. The lowest BCUT2D eigenvalue weighted by Crippen LogP contribution is -2.14. The first-order valence-electron chi connectivity index (χ1n) is 6.09. The Hall–Kier alpha value is -2.96. The molecule has 0 aliphatic rings. The Kier molecular flexibility index (Phi) is 4.45. The fraction of sp³-hybridized carbons (Fsp3) is 0.143. The predicted octanol–water partition coefficient (Wildman–Crippen LogP) is 1.50. The molecule has 0 spiro atoms. The van der Waals surface area contributed by atoms with Crippen LogP contribution in [0.5, 0.6) is 5.75 Å². The zero-order chi connectivity index (χ0) is 15.2. The molecule has 1 aromatic heterocycles. The van der Waals surface area contributed by atoms with E-state index in [0.29, 0.717) is 11.4 Å². The lowest BCUT2D eigenvalue weighted by atomic mass is 10.3. The van der Waals surface area contributed by atoms with Gasteiger partial charge in [-0.15, -0.1) is 0 Å². The van der Waals surface area contributed by atoms with Crippen molar-refractivity contribution in [2.45, 2.75) is 6.92 Å². The van der Waals surface area contributed by atoms with Crippen LogP contribution in [0.15, 0.2) is 36.7 Å². The van der Waals surface area contributed by atoms with E-state index in [4.69, 9.17) is 9.84 Å². The van der Waals surface area contributed by atoms with Crippen LogP contribution in [0.1, 0.15) is 16.2 Å². The summed E-state index contributed by atoms with van der Waals surface area (Å²) in [6.45, 7) is 1.37. The minimum absolute atomic E-state index is 0.215. The normalized spacial score (nSPS) is 9.95. The average molecular weight is 287 g/mol. The Balaban J connectivity index is 1.98. The standard InChI is InChI=1S/C14H13N3O4/c1-9-6-16-12(7-15-9)14(20)17-10-2-4-11(5-3-10)21-8-13(18)19/h2-7H,8H2,1H3,(H,17,20)(H,18,19). The van der Waals surface area contributed by atoms with Crippen LogP contribution >= 0.6 is 0 Å². The number of rotatable bonds is 5. The van der Waals surface area contributed by atoms with Gasteiger partial charge < -0.3 is 15.2 Å². The highest BCUT2D eigenvalue weighted by atomic mass is 16.5. The largest absolute Gasteiger partial charge is 0.482 e. The topological polar surface area (TPSA) is 101 Å². The van der Waals surface area contributed by atoms with Crippen LogP contribution in [0.2, 0.25) is 0 Å². The quantitative estimate of drug-likeness (QED) is 0.864. The minimum Gasteiger partial charge on any atom is -0.482 e. The van der Waals surface area contributed by atoms with Crippen molar-refractivity contribution in [1.29, 1.82) is 0 Å². The first kappa shape index (κ1) is 14.4. The summed E-state index contributed by atoms with van der Waals surface area (Å²) in [5.41, 5.74) is 1.49. The van der Waals surface area contributed by atoms with Crippen LogP contribution in [-0.4, -0.2) is 33.6 Å². The number of aryl methyl sites for hydroxylation is 1. The highest BCUT2D eigenvalue weighted by Gasteiger charge is 2.08. The minimum atomic E-state index is -1.05. The first-order valence-corrected chi connectivity index (χ1v) is 6.09. The average Bonchev–Trinajstić information content (AvgIpc) is 2.47. The van der Waals surface area contributed by atoms with Gasteiger partial charge in [-0.25, -0.2) is 9.78 Å². The highest BCUT2D eigenvalue weighted by Crippen LogP contribution is 2.16. The van der Waals surface area contributed by atoms with Crippen molar-refractivity contribution >= 4 is 17.6 Å². The van der Waals surface area contributed by atoms with Crippen LogP contribution in [0.3, 0.4) is 0 Å². The summed E-state index contributed by atoms with van der Waals surface area (Å²) in [7, 11) is 0. The Morgan fingerprint density at radius 1 is 1.19 bits per heavy atom. The second-order valence-corrected chi connectivity index (χ2v) is 4.20. The third-order valence-electron chi connectivity index (χ3n) is 2.49. The monoisotopic (exact) mass is 287 g/mol. The fourth-order valence-electron chi connectivity index (χ4n) is 1.48. The number of amides is 1. The van der Waals surface area contributed by atoms with Gasteiger partial charge in [0.2, 0.25) is 0 Å². The number of carboxylic acids is 1. The predicted molar refractivity (Wildman–Crippen MR) is 74.3 cm³/mol. The van der Waals surface area contributed by atoms with Crippen molar-refractivity contribution in [2.24, 2.45) is 0 Å². The highest BCUT2D eigenvalue weighted by molar-refractivity contribution is 6.02. The van der Waals surface area contributed by atoms with E-state index in [1.54, 1.807) is 31.2 Å². The molecule has 0 aliphatic heterocycles. The number of hydrogen-bond acceptors (Lipinski definition) is 5. The van der Waals surface area contributed by atoms with Gasteiger partial charge >= 0.3 is 5.97 Å². The lowest BCUT2D eigenvalue weighted by molar-refractivity contribution is -0.139. The van der Waals surface area contributed by atoms with Gasteiger partial charge in [0, 0.05) is 11.9 Å². The molecule has 7 nitrogen and oxygen atoms in total. The molecule has 1 heterocycles. The Morgan fingerprint density at radius 2 is 1.90 bits per heavy atom. The molecule has 2 rings (SSSR count). The molecule has 0 radical (unpaired) electrons. The molecule has 0 atom stereocenters. The van der Waals surface area contributed by atoms with Crippen molar-refractivity contribution in [3.63, 3.8) is 0 Å². The molecule has 2 aromatic rings. The van der Waals surface area contributed by atoms with E-state index in [2.05, 4.69) is 15.3 Å². The van der Waals surface area contributed by atoms with E-state index in [-0.39, 0.29) is 11.6 Å². The Morgan fingerprint density at radius 3 is 2.48 bits per heavy atom. The van der Waals surface area contributed by atoms with Crippen LogP contribution in [0.25, 0.3) is 0 Å². The molecule has 2 N–H and O–H groups in total. The summed E-state index contributed by atoms with van der Waals surface area (Å²) in [4.78, 5) is 30.2. The summed E-state index contributed by atoms with van der Waals surface area (Å²) >= 11 is 0. The number of hydrogen-bond donors (Lipinski definition) is 2. The van der Waals surface area contributed by atoms with Crippen LogP contribution in [0.4, 0.5) is 5.69 Å². The summed E-state index contributed by atoms with van der Waals surface area (Å²) in [5.74, 6) is -1.02. The molecule has 0 aliphatic carbocycles. The van der Waals surface area contributed by atoms with E-state index in [1.165, 1.54) is 12.4 Å². The molecule has 0 saturated heterocycles. The molecule has 0 saturated carbocycles. The molecule has 0 unspecified atom stereocenters. The van der Waals surface area contributed by atoms with E-state index >= 15 is 0 Å². The molecule has 0 fully saturated rings. The number of carboxylic acid groups (broad SMARTS) is 1. The number of carbonyl (C=O) groups excluding carboxylic acids is 1. The summed E-state index contributed by atoms with van der Waals surface area (Å²) in [6, 6.07) is 6.35. The molecule has 21 heavy (non-hydrogen) atoms. The zero-order valence-electron chi connectivity index (χ0n) is 11.2. The van der Waals surface area contributed by atoms with Crippen molar-refractivity contribution in [3.8, 4) is 5.75 Å². The lowest BCUT2D eigenvalue weighted by Gasteiger charge is -2.06. The van der Waals surface area contributed by atoms with Crippen molar-refractivity contribution in [3.05, 3.63) is 48.0 Å². The van der Waals surface area contributed by atoms with Crippen molar-refractivity contribution in [1.82, 2.24) is 9.97 Å². The summed E-state index contributed by atoms with van der Waals surface area (Å²) in [6.07, 6.45) is 2.91. The zero-order valence-corrected chi connectivity index (χ0v) is 11.2. The van der Waals surface area contributed by atoms with Gasteiger partial charge in [-0.1, -0.05) is 0 Å². The Bertz CT molecular complexity index is 638. The van der Waals surface area contributed by atoms with Crippen LogP contribution in [0, 0.1) is 6.92 Å². The number of carbonyl (C=O) groups is 2. The van der Waals surface area contributed by atoms with E-state index in [9.17, 15) is 9.59 Å². The molecular formula is C14H13N3O4. The first-order chi connectivity index (χ1) is 10.0. The molecular weight excluding hydrogens is 274 g/mol. The van der Waals surface area contributed by atoms with E-state index < -0.39 is 12.6 Å². The molecule has 108 valence electrons. The van der Waals surface area contributed by atoms with Crippen LogP contribution < -0.4 is 10.1 Å². The summed E-state index contributed by atoms with van der Waals surface area (Å²) in [5, 5.41) is 11.2. The number of nitrogens with one attached hydrogen (secondary N) is 1. The van der Waals surface area contributed by atoms with Gasteiger partial charge in [0.1, 0.15) is 11.4 Å². The van der Waals surface area contributed by atoms with Crippen molar-refractivity contribution in [2.75, 3.05) is 11.9 Å². The Labute approximate surface area is 120 Å². The van der Waals surface area contributed by atoms with Crippen LogP contribution in [-0.2, 0) is 4.79 Å². The number of benzene rings is 1. The van der Waals surface area contributed by atoms with Crippen molar-refractivity contribution < 1.29 is 19.4 Å². The van der Waals surface area contributed by atoms with Gasteiger partial charge in [0.15, 0.2) is 6.61 Å². The number of ether oxygens (including phenoxy) is 1. The number of anilines is 1. The molecule has 0 bridgehead atoms. The van der Waals surface area contributed by atoms with E-state index in [1.807, 2.05) is 0 Å². The molecule has 1 aromatic carbocycles. The number of aromatic nitrogens is 2. The smallest absolute Gasteiger partial charge is 0.341 e. The number of aliphatic carboxylic acids is 1. The molecule has 1 amide bonds. The third-order valence-corrected chi connectivity index (χ3v) is 2.49. The third kappa shape index (κ3) is 4.27.